The van der Waals surface area contributed by atoms with E-state index in [4.69, 9.17) is 4.74 Å². The molecule has 0 radical (unpaired) electrons. The minimum atomic E-state index is 0.175. The SMILES string of the molecule is COc1ccccc1C1CNCCN1CC(=O)N(C)C1CCCCC1. The molecule has 1 saturated carbocycles. The van der Waals surface area contributed by atoms with Crippen molar-refractivity contribution >= 4 is 5.91 Å². The topological polar surface area (TPSA) is 44.8 Å². The number of hydrogen-bond donors (Lipinski definition) is 1. The maximum Gasteiger partial charge on any atom is 0.236 e. The van der Waals surface area contributed by atoms with Gasteiger partial charge in [0.15, 0.2) is 0 Å². The van der Waals surface area contributed by atoms with Crippen LogP contribution in [0.3, 0.4) is 0 Å². The van der Waals surface area contributed by atoms with Gasteiger partial charge in [0.1, 0.15) is 5.75 Å². The van der Waals surface area contributed by atoms with Crippen molar-refractivity contribution < 1.29 is 9.53 Å². The van der Waals surface area contributed by atoms with Crippen LogP contribution in [0.15, 0.2) is 24.3 Å². The van der Waals surface area contributed by atoms with Crippen molar-refractivity contribution in [2.24, 2.45) is 0 Å². The van der Waals surface area contributed by atoms with Crippen LogP contribution in [0, 0.1) is 0 Å². The second kappa shape index (κ2) is 8.68. The average molecular weight is 345 g/mol. The summed E-state index contributed by atoms with van der Waals surface area (Å²) >= 11 is 0. The van der Waals surface area contributed by atoms with E-state index >= 15 is 0 Å². The molecule has 25 heavy (non-hydrogen) atoms. The zero-order valence-corrected chi connectivity index (χ0v) is 15.5. The molecule has 0 aromatic heterocycles. The lowest BCUT2D eigenvalue weighted by Crippen LogP contribution is -2.51. The number of ether oxygens (including phenoxy) is 1. The number of piperazine rings is 1. The predicted molar refractivity (Wildman–Crippen MR) is 99.8 cm³/mol. The highest BCUT2D eigenvalue weighted by Gasteiger charge is 2.30. The molecule has 1 atom stereocenters. The second-order valence-corrected chi connectivity index (χ2v) is 7.23. The number of nitrogens with zero attached hydrogens (tertiary/aromatic N) is 2. The van der Waals surface area contributed by atoms with Crippen molar-refractivity contribution in [1.29, 1.82) is 0 Å². The van der Waals surface area contributed by atoms with Gasteiger partial charge in [0.2, 0.25) is 5.91 Å². The van der Waals surface area contributed by atoms with Gasteiger partial charge in [-0.2, -0.15) is 0 Å². The molecule has 0 bridgehead atoms. The van der Waals surface area contributed by atoms with Crippen LogP contribution in [0.25, 0.3) is 0 Å². The van der Waals surface area contributed by atoms with Crippen LogP contribution in [0.4, 0.5) is 0 Å². The number of hydrogen-bond acceptors (Lipinski definition) is 4. The number of rotatable bonds is 5. The summed E-state index contributed by atoms with van der Waals surface area (Å²) < 4.78 is 5.54. The van der Waals surface area contributed by atoms with Crippen LogP contribution in [0.5, 0.6) is 5.75 Å². The number of carbonyl (C=O) groups excluding carboxylic acids is 1. The fourth-order valence-electron chi connectivity index (χ4n) is 4.14. The van der Waals surface area contributed by atoms with Gasteiger partial charge in [0.05, 0.1) is 19.7 Å². The fraction of sp³-hybridized carbons (Fsp3) is 0.650. The van der Waals surface area contributed by atoms with Crippen molar-refractivity contribution in [3.63, 3.8) is 0 Å². The standard InChI is InChI=1S/C20H31N3O2/c1-22(16-8-4-3-5-9-16)20(24)15-23-13-12-21-14-18(23)17-10-6-7-11-19(17)25-2/h6-7,10-11,16,18,21H,3-5,8-9,12-15H2,1-2H3. The predicted octanol–water partition coefficient (Wildman–Crippen LogP) is 2.43. The minimum Gasteiger partial charge on any atom is -0.496 e. The first-order valence-electron chi connectivity index (χ1n) is 9.54. The third-order valence-electron chi connectivity index (χ3n) is 5.71. The molecule has 1 aromatic rings. The lowest BCUT2D eigenvalue weighted by molar-refractivity contribution is -0.134. The van der Waals surface area contributed by atoms with E-state index < -0.39 is 0 Å². The molecule has 138 valence electrons. The molecule has 5 nitrogen and oxygen atoms in total. The van der Waals surface area contributed by atoms with E-state index in [1.165, 1.54) is 19.3 Å². The van der Waals surface area contributed by atoms with Crippen LogP contribution < -0.4 is 10.1 Å². The van der Waals surface area contributed by atoms with Gasteiger partial charge in [0.25, 0.3) is 0 Å². The summed E-state index contributed by atoms with van der Waals surface area (Å²) in [7, 11) is 3.69. The van der Waals surface area contributed by atoms with Crippen molar-refractivity contribution in [2.45, 2.75) is 44.2 Å². The zero-order valence-electron chi connectivity index (χ0n) is 15.5. The first-order valence-corrected chi connectivity index (χ1v) is 9.54. The number of benzene rings is 1. The average Bonchev–Trinajstić information content (AvgIpc) is 2.68. The Morgan fingerprint density at radius 1 is 1.28 bits per heavy atom. The number of para-hydroxylation sites is 1. The lowest BCUT2D eigenvalue weighted by atomic mass is 9.94. The molecule has 1 amide bonds. The van der Waals surface area contributed by atoms with Crippen LogP contribution in [0.2, 0.25) is 0 Å². The zero-order chi connectivity index (χ0) is 17.6. The normalized spacial score (nSPS) is 22.6. The van der Waals surface area contributed by atoms with Gasteiger partial charge >= 0.3 is 0 Å². The van der Waals surface area contributed by atoms with Gasteiger partial charge in [-0.05, 0) is 18.9 Å². The molecular formula is C20H31N3O2. The summed E-state index contributed by atoms with van der Waals surface area (Å²) in [6, 6.07) is 8.74. The third kappa shape index (κ3) is 4.33. The molecule has 2 aliphatic rings. The summed E-state index contributed by atoms with van der Waals surface area (Å²) in [5.41, 5.74) is 1.16. The fourth-order valence-corrected chi connectivity index (χ4v) is 4.14. The molecule has 1 heterocycles. The molecule has 1 N–H and O–H groups in total. The van der Waals surface area contributed by atoms with Crippen molar-refractivity contribution in [3.8, 4) is 5.75 Å². The molecule has 3 rings (SSSR count). The minimum absolute atomic E-state index is 0.175. The van der Waals surface area contributed by atoms with Gasteiger partial charge in [-0.3, -0.25) is 9.69 Å². The van der Waals surface area contributed by atoms with Crippen LogP contribution in [-0.2, 0) is 4.79 Å². The Bertz CT molecular complexity index is 572. The summed E-state index contributed by atoms with van der Waals surface area (Å²) in [5.74, 6) is 1.14. The van der Waals surface area contributed by atoms with E-state index in [2.05, 4.69) is 16.3 Å². The van der Waals surface area contributed by atoms with E-state index in [-0.39, 0.29) is 11.9 Å². The van der Waals surface area contributed by atoms with Gasteiger partial charge in [0, 0.05) is 38.3 Å². The molecule has 0 spiro atoms. The Balaban J connectivity index is 1.69. The van der Waals surface area contributed by atoms with E-state index in [0.29, 0.717) is 12.6 Å². The largest absolute Gasteiger partial charge is 0.496 e. The maximum atomic E-state index is 12.9. The number of methoxy groups -OCH3 is 1. The molecule has 2 fully saturated rings. The number of carbonyl (C=O) groups is 1. The van der Waals surface area contributed by atoms with Gasteiger partial charge in [-0.15, -0.1) is 0 Å². The van der Waals surface area contributed by atoms with Crippen molar-refractivity contribution in [2.75, 3.05) is 40.3 Å². The highest BCUT2D eigenvalue weighted by molar-refractivity contribution is 5.78. The first kappa shape index (κ1) is 18.2. The quantitative estimate of drug-likeness (QED) is 0.890. The van der Waals surface area contributed by atoms with Gasteiger partial charge in [-0.25, -0.2) is 0 Å². The summed E-state index contributed by atoms with van der Waals surface area (Å²) in [4.78, 5) is 17.2. The van der Waals surface area contributed by atoms with Crippen molar-refractivity contribution in [3.05, 3.63) is 29.8 Å². The van der Waals surface area contributed by atoms with Crippen LogP contribution in [-0.4, -0.2) is 62.1 Å². The van der Waals surface area contributed by atoms with E-state index in [9.17, 15) is 4.79 Å². The first-order chi connectivity index (χ1) is 12.2. The van der Waals surface area contributed by atoms with Crippen molar-refractivity contribution in [1.82, 2.24) is 15.1 Å². The molecule has 1 unspecified atom stereocenters. The van der Waals surface area contributed by atoms with Gasteiger partial charge in [-0.1, -0.05) is 37.5 Å². The summed E-state index contributed by atoms with van der Waals surface area (Å²) in [6.45, 7) is 3.14. The molecule has 1 aliphatic carbocycles. The monoisotopic (exact) mass is 345 g/mol. The highest BCUT2D eigenvalue weighted by atomic mass is 16.5. The Hall–Kier alpha value is -1.59. The molecular weight excluding hydrogens is 314 g/mol. The Morgan fingerprint density at radius 3 is 2.80 bits per heavy atom. The summed E-state index contributed by atoms with van der Waals surface area (Å²) in [5, 5.41) is 3.46. The number of amides is 1. The van der Waals surface area contributed by atoms with E-state index in [1.807, 2.05) is 30.1 Å². The number of nitrogens with one attached hydrogen (secondary N) is 1. The van der Waals surface area contributed by atoms with Gasteiger partial charge < -0.3 is 15.0 Å². The molecule has 5 heteroatoms. The smallest absolute Gasteiger partial charge is 0.236 e. The molecule has 1 aromatic carbocycles. The highest BCUT2D eigenvalue weighted by Crippen LogP contribution is 2.30. The second-order valence-electron chi connectivity index (χ2n) is 7.23. The lowest BCUT2D eigenvalue weighted by Gasteiger charge is -2.38. The van der Waals surface area contributed by atoms with Crippen LogP contribution >= 0.6 is 0 Å². The summed E-state index contributed by atoms with van der Waals surface area (Å²) in [6.07, 6.45) is 6.12. The molecule has 1 aliphatic heterocycles. The Labute approximate surface area is 151 Å². The van der Waals surface area contributed by atoms with E-state index in [0.717, 1.165) is 43.8 Å². The number of likely N-dealkylation sites (N-methyl/N-ethyl adjacent to an activating group) is 1. The Kier molecular flexibility index (Phi) is 6.32. The Morgan fingerprint density at radius 2 is 2.04 bits per heavy atom. The molecule has 1 saturated heterocycles. The van der Waals surface area contributed by atoms with E-state index in [1.54, 1.807) is 7.11 Å². The third-order valence-corrected chi connectivity index (χ3v) is 5.71. The van der Waals surface area contributed by atoms with Crippen LogP contribution in [0.1, 0.15) is 43.7 Å². The maximum absolute atomic E-state index is 12.9.